The third-order valence-electron chi connectivity index (χ3n) is 3.50. The highest BCUT2D eigenvalue weighted by molar-refractivity contribution is 6.32. The molecule has 148 valence electrons. The van der Waals surface area contributed by atoms with Crippen molar-refractivity contribution in [2.24, 2.45) is 0 Å². The van der Waals surface area contributed by atoms with Gasteiger partial charge in [0.15, 0.2) is 11.5 Å². The number of hydrazine groups is 1. The Labute approximate surface area is 166 Å². The van der Waals surface area contributed by atoms with Crippen LogP contribution in [0.4, 0.5) is 0 Å². The van der Waals surface area contributed by atoms with E-state index < -0.39 is 11.8 Å². The van der Waals surface area contributed by atoms with E-state index in [1.54, 1.807) is 24.3 Å². The fraction of sp³-hybridized carbons (Fsp3) is 0.211. The molecule has 2 N–H and O–H groups in total. The molecule has 0 fully saturated rings. The van der Waals surface area contributed by atoms with Crippen LogP contribution < -0.4 is 25.9 Å². The fourth-order valence-electron chi connectivity index (χ4n) is 2.28. The van der Waals surface area contributed by atoms with Crippen LogP contribution in [0.2, 0.25) is 5.02 Å². The van der Waals surface area contributed by atoms with Gasteiger partial charge in [0, 0.05) is 18.3 Å². The molecule has 0 radical (unpaired) electrons. The van der Waals surface area contributed by atoms with Gasteiger partial charge < -0.3 is 14.0 Å². The van der Waals surface area contributed by atoms with Gasteiger partial charge in [-0.2, -0.15) is 0 Å². The van der Waals surface area contributed by atoms with Gasteiger partial charge in [-0.1, -0.05) is 17.7 Å². The summed E-state index contributed by atoms with van der Waals surface area (Å²) in [5, 5.41) is 0.343. The fourth-order valence-corrected chi connectivity index (χ4v) is 2.57. The number of ether oxygens (including phenoxy) is 2. The number of pyridine rings is 1. The Morgan fingerprint density at radius 2 is 2.04 bits per heavy atom. The molecule has 0 spiro atoms. The van der Waals surface area contributed by atoms with Gasteiger partial charge in [-0.25, -0.2) is 0 Å². The summed E-state index contributed by atoms with van der Waals surface area (Å²) in [6.45, 7) is 2.04. The van der Waals surface area contributed by atoms with Crippen molar-refractivity contribution in [1.82, 2.24) is 15.4 Å². The Bertz CT molecular complexity index is 939. The second-order valence-electron chi connectivity index (χ2n) is 5.50. The highest BCUT2D eigenvalue weighted by Crippen LogP contribution is 2.36. The highest BCUT2D eigenvalue weighted by atomic mass is 35.5. The lowest BCUT2D eigenvalue weighted by Gasteiger charge is -2.11. The van der Waals surface area contributed by atoms with E-state index in [9.17, 15) is 14.4 Å². The van der Waals surface area contributed by atoms with Crippen molar-refractivity contribution >= 4 is 29.5 Å². The molecule has 0 aliphatic heterocycles. The van der Waals surface area contributed by atoms with Crippen molar-refractivity contribution in [3.05, 3.63) is 63.5 Å². The number of carbonyl (C=O) groups is 2. The van der Waals surface area contributed by atoms with Crippen LogP contribution in [0.3, 0.4) is 0 Å². The molecule has 0 saturated carbocycles. The zero-order chi connectivity index (χ0) is 20.5. The third kappa shape index (κ3) is 5.88. The van der Waals surface area contributed by atoms with E-state index in [2.05, 4.69) is 10.9 Å². The van der Waals surface area contributed by atoms with E-state index >= 15 is 0 Å². The Morgan fingerprint density at radius 3 is 2.71 bits per heavy atom. The zero-order valence-corrected chi connectivity index (χ0v) is 16.2. The van der Waals surface area contributed by atoms with Crippen LogP contribution in [0.5, 0.6) is 11.5 Å². The average Bonchev–Trinajstić information content (AvgIpc) is 2.67. The summed E-state index contributed by atoms with van der Waals surface area (Å²) in [6, 6.07) is 7.84. The average molecular weight is 406 g/mol. The highest BCUT2D eigenvalue weighted by Gasteiger charge is 2.11. The molecule has 1 aromatic carbocycles. The van der Waals surface area contributed by atoms with Gasteiger partial charge in [0.1, 0.15) is 6.54 Å². The van der Waals surface area contributed by atoms with Crippen LogP contribution in [0.25, 0.3) is 6.08 Å². The number of carbonyl (C=O) groups excluding carboxylic acids is 2. The SMILES string of the molecule is CCOc1cc(/C=C/C(=O)NNC(=O)Cn2ccccc2=O)cc(Cl)c1OC. The van der Waals surface area contributed by atoms with E-state index in [1.807, 2.05) is 6.92 Å². The van der Waals surface area contributed by atoms with Gasteiger partial charge in [0.25, 0.3) is 17.4 Å². The summed E-state index contributed by atoms with van der Waals surface area (Å²) in [7, 11) is 1.49. The smallest absolute Gasteiger partial charge is 0.262 e. The topological polar surface area (TPSA) is 98.7 Å². The largest absolute Gasteiger partial charge is 0.491 e. The first-order chi connectivity index (χ1) is 13.4. The molecule has 2 aromatic rings. The summed E-state index contributed by atoms with van der Waals surface area (Å²) in [5.74, 6) is -0.229. The van der Waals surface area contributed by atoms with Gasteiger partial charge in [-0.15, -0.1) is 0 Å². The summed E-state index contributed by atoms with van der Waals surface area (Å²) < 4.78 is 11.9. The van der Waals surface area contributed by atoms with Gasteiger partial charge in [-0.05, 0) is 36.8 Å². The monoisotopic (exact) mass is 405 g/mol. The van der Waals surface area contributed by atoms with Crippen LogP contribution in [0, 0.1) is 0 Å². The number of hydrogen-bond acceptors (Lipinski definition) is 5. The van der Waals surface area contributed by atoms with E-state index in [1.165, 1.54) is 36.1 Å². The van der Waals surface area contributed by atoms with Crippen LogP contribution in [-0.4, -0.2) is 30.1 Å². The van der Waals surface area contributed by atoms with Gasteiger partial charge in [-0.3, -0.25) is 25.2 Å². The first-order valence-corrected chi connectivity index (χ1v) is 8.75. The number of nitrogens with zero attached hydrogens (tertiary/aromatic N) is 1. The Balaban J connectivity index is 1.95. The minimum atomic E-state index is -0.557. The Hall–Kier alpha value is -3.26. The summed E-state index contributed by atoms with van der Waals surface area (Å²) in [6.07, 6.45) is 4.22. The maximum absolute atomic E-state index is 11.9. The second-order valence-corrected chi connectivity index (χ2v) is 5.91. The van der Waals surface area contributed by atoms with Crippen molar-refractivity contribution < 1.29 is 19.1 Å². The van der Waals surface area contributed by atoms with E-state index in [0.29, 0.717) is 28.7 Å². The number of rotatable bonds is 7. The normalized spacial score (nSPS) is 10.5. The maximum Gasteiger partial charge on any atom is 0.262 e. The molecule has 0 aliphatic rings. The predicted octanol–water partition coefficient (Wildman–Crippen LogP) is 1.77. The number of hydrogen-bond donors (Lipinski definition) is 2. The number of benzene rings is 1. The van der Waals surface area contributed by atoms with Crippen molar-refractivity contribution in [3.63, 3.8) is 0 Å². The standard InChI is InChI=1S/C19H20ClN3O5/c1-3-28-15-11-13(10-14(20)19(15)27-2)7-8-16(24)21-22-17(25)12-23-9-5-4-6-18(23)26/h4-11H,3,12H2,1-2H3,(H,21,24)(H,22,25)/b8-7+. The number of nitrogens with one attached hydrogen (secondary N) is 2. The number of methoxy groups -OCH3 is 1. The van der Waals surface area contributed by atoms with E-state index in [0.717, 1.165) is 0 Å². The van der Waals surface area contributed by atoms with Crippen molar-refractivity contribution in [2.75, 3.05) is 13.7 Å². The Morgan fingerprint density at radius 1 is 1.25 bits per heavy atom. The summed E-state index contributed by atoms with van der Waals surface area (Å²) >= 11 is 6.15. The first kappa shape index (κ1) is 21.0. The van der Waals surface area contributed by atoms with Crippen molar-refractivity contribution in [2.45, 2.75) is 13.5 Å². The van der Waals surface area contributed by atoms with Gasteiger partial charge >= 0.3 is 0 Å². The summed E-state index contributed by atoms with van der Waals surface area (Å²) in [5.41, 5.74) is 4.78. The van der Waals surface area contributed by atoms with Crippen molar-refractivity contribution in [1.29, 1.82) is 0 Å². The molecule has 28 heavy (non-hydrogen) atoms. The molecule has 0 bridgehead atoms. The molecule has 2 rings (SSSR count). The second kappa shape index (κ2) is 10.2. The zero-order valence-electron chi connectivity index (χ0n) is 15.4. The predicted molar refractivity (Wildman–Crippen MR) is 105 cm³/mol. The lowest BCUT2D eigenvalue weighted by molar-refractivity contribution is -0.127. The van der Waals surface area contributed by atoms with Crippen molar-refractivity contribution in [3.8, 4) is 11.5 Å². The van der Waals surface area contributed by atoms with Crippen LogP contribution in [0.1, 0.15) is 12.5 Å². The number of aromatic nitrogens is 1. The molecular formula is C19H20ClN3O5. The van der Waals surface area contributed by atoms with Crippen LogP contribution in [-0.2, 0) is 16.1 Å². The van der Waals surface area contributed by atoms with Crippen LogP contribution in [0.15, 0.2) is 47.4 Å². The molecule has 1 aromatic heterocycles. The first-order valence-electron chi connectivity index (χ1n) is 8.37. The molecule has 0 saturated heterocycles. The molecule has 8 nitrogen and oxygen atoms in total. The quantitative estimate of drug-likeness (QED) is 0.540. The maximum atomic E-state index is 11.9. The molecule has 0 atom stereocenters. The van der Waals surface area contributed by atoms with Crippen LogP contribution >= 0.6 is 11.6 Å². The lowest BCUT2D eigenvalue weighted by atomic mass is 10.2. The minimum Gasteiger partial charge on any atom is -0.491 e. The molecule has 0 unspecified atom stereocenters. The summed E-state index contributed by atoms with van der Waals surface area (Å²) in [4.78, 5) is 35.3. The number of amides is 2. The molecule has 0 aliphatic carbocycles. The third-order valence-corrected chi connectivity index (χ3v) is 3.78. The van der Waals surface area contributed by atoms with E-state index in [4.69, 9.17) is 21.1 Å². The number of halogens is 1. The molecule has 1 heterocycles. The minimum absolute atomic E-state index is 0.213. The Kier molecular flexibility index (Phi) is 7.65. The molecule has 9 heteroatoms. The lowest BCUT2D eigenvalue weighted by Crippen LogP contribution is -2.43. The molecular weight excluding hydrogens is 386 g/mol. The van der Waals surface area contributed by atoms with E-state index in [-0.39, 0.29) is 12.1 Å². The van der Waals surface area contributed by atoms with Gasteiger partial charge in [0.2, 0.25) is 0 Å². The van der Waals surface area contributed by atoms with Gasteiger partial charge in [0.05, 0.1) is 18.7 Å². The molecule has 2 amide bonds.